The first-order chi connectivity index (χ1) is 9.65. The van der Waals surface area contributed by atoms with Crippen molar-refractivity contribution in [3.8, 4) is 5.75 Å². The van der Waals surface area contributed by atoms with Crippen molar-refractivity contribution in [3.05, 3.63) is 18.2 Å². The van der Waals surface area contributed by atoms with Crippen LogP contribution in [0.3, 0.4) is 0 Å². The minimum Gasteiger partial charge on any atom is -0.489 e. The zero-order chi connectivity index (χ0) is 14.1. The van der Waals surface area contributed by atoms with Gasteiger partial charge in [-0.15, -0.1) is 0 Å². The highest BCUT2D eigenvalue weighted by Crippen LogP contribution is 2.32. The van der Waals surface area contributed by atoms with Gasteiger partial charge in [-0.1, -0.05) is 6.07 Å². The number of imidazole rings is 1. The Morgan fingerprint density at radius 3 is 3.05 bits per heavy atom. The number of para-hydroxylation sites is 1. The highest BCUT2D eigenvalue weighted by Gasteiger charge is 2.20. The van der Waals surface area contributed by atoms with Crippen molar-refractivity contribution in [2.45, 2.75) is 44.6 Å². The summed E-state index contributed by atoms with van der Waals surface area (Å²) < 4.78 is 7.96. The number of rotatable bonds is 4. The van der Waals surface area contributed by atoms with Crippen LogP contribution in [0, 0.1) is 0 Å². The lowest BCUT2D eigenvalue weighted by molar-refractivity contribution is 0.245. The van der Waals surface area contributed by atoms with E-state index in [1.165, 1.54) is 18.6 Å². The maximum absolute atomic E-state index is 6.12. The van der Waals surface area contributed by atoms with E-state index >= 15 is 0 Å². The molecular formula is C15H21N3OS. The maximum Gasteiger partial charge on any atom is 0.201 e. The van der Waals surface area contributed by atoms with Gasteiger partial charge in [-0.2, -0.15) is 11.8 Å². The molecule has 5 heteroatoms. The van der Waals surface area contributed by atoms with Crippen molar-refractivity contribution in [1.82, 2.24) is 9.55 Å². The van der Waals surface area contributed by atoms with Crippen molar-refractivity contribution in [2.75, 3.05) is 11.5 Å². The second kappa shape index (κ2) is 5.56. The summed E-state index contributed by atoms with van der Waals surface area (Å²) in [6.45, 7) is 4.99. The molecule has 1 aliphatic rings. The predicted molar refractivity (Wildman–Crippen MR) is 85.4 cm³/mol. The summed E-state index contributed by atoms with van der Waals surface area (Å²) in [4.78, 5) is 4.51. The minimum absolute atomic E-state index is 0.136. The molecule has 2 aromatic rings. The van der Waals surface area contributed by atoms with E-state index in [0.717, 1.165) is 23.3 Å². The maximum atomic E-state index is 6.12. The Balaban J connectivity index is 1.97. The number of fused-ring (bicyclic) bond motifs is 1. The fraction of sp³-hybridized carbons (Fsp3) is 0.533. The molecule has 0 bridgehead atoms. The molecule has 1 atom stereocenters. The van der Waals surface area contributed by atoms with Gasteiger partial charge in [0.15, 0.2) is 0 Å². The molecule has 1 saturated heterocycles. The van der Waals surface area contributed by atoms with Gasteiger partial charge >= 0.3 is 0 Å². The summed E-state index contributed by atoms with van der Waals surface area (Å²) in [7, 11) is 0. The molecule has 1 aliphatic heterocycles. The lowest BCUT2D eigenvalue weighted by Gasteiger charge is -2.13. The van der Waals surface area contributed by atoms with Crippen LogP contribution < -0.4 is 10.5 Å². The van der Waals surface area contributed by atoms with Crippen molar-refractivity contribution >= 4 is 28.7 Å². The number of hydrogen-bond donors (Lipinski definition) is 1. The number of hydrogen-bond acceptors (Lipinski definition) is 4. The van der Waals surface area contributed by atoms with Gasteiger partial charge in [-0.05, 0) is 44.6 Å². The van der Waals surface area contributed by atoms with Crippen molar-refractivity contribution in [3.63, 3.8) is 0 Å². The quantitative estimate of drug-likeness (QED) is 0.939. The van der Waals surface area contributed by atoms with E-state index in [1.807, 2.05) is 37.7 Å². The SMILES string of the molecule is CC(C)Oc1cccc2c1nc(N)n2CC1CCCS1. The molecule has 1 unspecified atom stereocenters. The van der Waals surface area contributed by atoms with Crippen molar-refractivity contribution < 1.29 is 4.74 Å². The molecule has 0 radical (unpaired) electrons. The molecule has 0 aliphatic carbocycles. The second-order valence-corrected chi connectivity index (χ2v) is 6.91. The molecule has 1 aromatic heterocycles. The third-order valence-corrected chi connectivity index (χ3v) is 4.92. The third-order valence-electron chi connectivity index (χ3n) is 3.54. The molecular weight excluding hydrogens is 270 g/mol. The van der Waals surface area contributed by atoms with E-state index in [1.54, 1.807) is 0 Å². The topological polar surface area (TPSA) is 53.1 Å². The molecule has 0 spiro atoms. The summed E-state index contributed by atoms with van der Waals surface area (Å²) in [6, 6.07) is 6.05. The minimum atomic E-state index is 0.136. The Kier molecular flexibility index (Phi) is 3.78. The molecule has 4 nitrogen and oxygen atoms in total. The highest BCUT2D eigenvalue weighted by atomic mass is 32.2. The van der Waals surface area contributed by atoms with Crippen molar-refractivity contribution in [2.24, 2.45) is 0 Å². The zero-order valence-corrected chi connectivity index (χ0v) is 12.8. The normalized spacial score (nSPS) is 19.1. The highest BCUT2D eigenvalue weighted by molar-refractivity contribution is 8.00. The number of aromatic nitrogens is 2. The number of nitrogens with zero attached hydrogens (tertiary/aromatic N) is 2. The van der Waals surface area contributed by atoms with Crippen molar-refractivity contribution in [1.29, 1.82) is 0 Å². The molecule has 1 aromatic carbocycles. The lowest BCUT2D eigenvalue weighted by atomic mass is 10.2. The number of nitrogen functional groups attached to an aromatic ring is 1. The summed E-state index contributed by atoms with van der Waals surface area (Å²) >= 11 is 2.04. The van der Waals surface area contributed by atoms with E-state index < -0.39 is 0 Å². The van der Waals surface area contributed by atoms with E-state index in [-0.39, 0.29) is 6.10 Å². The number of ether oxygens (including phenoxy) is 1. The zero-order valence-electron chi connectivity index (χ0n) is 12.0. The van der Waals surface area contributed by atoms with Crippen LogP contribution in [0.2, 0.25) is 0 Å². The van der Waals surface area contributed by atoms with Gasteiger partial charge in [0.1, 0.15) is 11.3 Å². The molecule has 1 fully saturated rings. The smallest absolute Gasteiger partial charge is 0.201 e. The van der Waals surface area contributed by atoms with E-state index in [2.05, 4.69) is 15.6 Å². The first kappa shape index (κ1) is 13.6. The summed E-state index contributed by atoms with van der Waals surface area (Å²) in [5.74, 6) is 2.67. The van der Waals surface area contributed by atoms with Gasteiger partial charge in [0.25, 0.3) is 0 Å². The van der Waals surface area contributed by atoms with Gasteiger partial charge < -0.3 is 15.0 Å². The molecule has 108 valence electrons. The first-order valence-corrected chi connectivity index (χ1v) is 8.23. The Bertz CT molecular complexity index is 602. The van der Waals surface area contributed by atoms with Crippen LogP contribution >= 0.6 is 11.8 Å². The first-order valence-electron chi connectivity index (χ1n) is 7.18. The Labute approximate surface area is 123 Å². The monoisotopic (exact) mass is 291 g/mol. The second-order valence-electron chi connectivity index (χ2n) is 5.51. The standard InChI is InChI=1S/C15H21N3OS/c1-10(2)19-13-7-3-6-12-14(13)17-15(16)18(12)9-11-5-4-8-20-11/h3,6-7,10-11H,4-5,8-9H2,1-2H3,(H2,16,17). The molecule has 0 amide bonds. The fourth-order valence-corrected chi connectivity index (χ4v) is 3.93. The van der Waals surface area contributed by atoms with Gasteiger partial charge in [-0.3, -0.25) is 0 Å². The number of thioether (sulfide) groups is 1. The van der Waals surface area contributed by atoms with Crippen LogP contribution in [0.15, 0.2) is 18.2 Å². The van der Waals surface area contributed by atoms with Crippen LogP contribution in [-0.4, -0.2) is 26.7 Å². The third kappa shape index (κ3) is 2.59. The molecule has 20 heavy (non-hydrogen) atoms. The number of anilines is 1. The fourth-order valence-electron chi connectivity index (χ4n) is 2.67. The average Bonchev–Trinajstić information content (AvgIpc) is 3.00. The van der Waals surface area contributed by atoms with E-state index in [0.29, 0.717) is 11.2 Å². The predicted octanol–water partition coefficient (Wildman–Crippen LogP) is 3.30. The van der Waals surface area contributed by atoms with E-state index in [4.69, 9.17) is 10.5 Å². The van der Waals surface area contributed by atoms with Crippen LogP contribution in [-0.2, 0) is 6.54 Å². The van der Waals surface area contributed by atoms with Gasteiger partial charge in [0.2, 0.25) is 5.95 Å². The van der Waals surface area contributed by atoms with Crippen LogP contribution in [0.4, 0.5) is 5.95 Å². The van der Waals surface area contributed by atoms with Crippen LogP contribution in [0.5, 0.6) is 5.75 Å². The summed E-state index contributed by atoms with van der Waals surface area (Å²) in [5, 5.41) is 0.657. The van der Waals surface area contributed by atoms with Crippen LogP contribution in [0.25, 0.3) is 11.0 Å². The summed E-state index contributed by atoms with van der Waals surface area (Å²) in [5.41, 5.74) is 8.07. The van der Waals surface area contributed by atoms with Gasteiger partial charge in [0.05, 0.1) is 11.6 Å². The lowest BCUT2D eigenvalue weighted by Crippen LogP contribution is -2.12. The number of nitrogens with two attached hydrogens (primary N) is 1. The van der Waals surface area contributed by atoms with Crippen LogP contribution in [0.1, 0.15) is 26.7 Å². The Hall–Kier alpha value is -1.36. The molecule has 0 saturated carbocycles. The molecule has 2 heterocycles. The molecule has 2 N–H and O–H groups in total. The van der Waals surface area contributed by atoms with Gasteiger partial charge in [0, 0.05) is 11.8 Å². The average molecular weight is 291 g/mol. The van der Waals surface area contributed by atoms with E-state index in [9.17, 15) is 0 Å². The van der Waals surface area contributed by atoms with Gasteiger partial charge in [-0.25, -0.2) is 4.98 Å². The molecule has 3 rings (SSSR count). The largest absolute Gasteiger partial charge is 0.489 e. The Morgan fingerprint density at radius 2 is 2.35 bits per heavy atom. The number of benzene rings is 1. The summed E-state index contributed by atoms with van der Waals surface area (Å²) in [6.07, 6.45) is 2.72. The Morgan fingerprint density at radius 1 is 1.50 bits per heavy atom.